The van der Waals surface area contributed by atoms with Crippen molar-refractivity contribution in [3.63, 3.8) is 0 Å². The molecule has 0 bridgehead atoms. The van der Waals surface area contributed by atoms with Crippen LogP contribution in [0.2, 0.25) is 0 Å². The number of likely N-dealkylation sites (N-methyl/N-ethyl adjacent to an activating group) is 1. The van der Waals surface area contributed by atoms with Crippen LogP contribution in [0.1, 0.15) is 39.4 Å². The lowest BCUT2D eigenvalue weighted by Gasteiger charge is -2.46. The number of nitrogens with zero attached hydrogens (tertiary/aromatic N) is 3. The number of rotatable bonds is 3. The first-order valence-corrected chi connectivity index (χ1v) is 11.6. The maximum atomic E-state index is 13.6. The number of piperidine rings is 1. The zero-order valence-corrected chi connectivity index (χ0v) is 19.5. The number of carbonyl (C=O) groups excluding carboxylic acids is 1. The summed E-state index contributed by atoms with van der Waals surface area (Å²) in [5, 5.41) is 0. The molecule has 196 valence electrons. The van der Waals surface area contributed by atoms with E-state index in [-0.39, 0.29) is 31.1 Å². The van der Waals surface area contributed by atoms with Crippen LogP contribution in [0.4, 0.5) is 30.7 Å². The third-order valence-corrected chi connectivity index (χ3v) is 7.00. The van der Waals surface area contributed by atoms with Crippen molar-refractivity contribution in [2.75, 3.05) is 46.3 Å². The van der Waals surface area contributed by atoms with E-state index >= 15 is 0 Å². The number of likely N-dealkylation sites (tertiary alicyclic amines) is 1. The van der Waals surface area contributed by atoms with Crippen molar-refractivity contribution in [2.24, 2.45) is 0 Å². The van der Waals surface area contributed by atoms with Crippen LogP contribution in [0.3, 0.4) is 0 Å². The van der Waals surface area contributed by atoms with Gasteiger partial charge >= 0.3 is 12.4 Å². The number of hydrogen-bond acceptors (Lipinski definition) is 3. The Morgan fingerprint density at radius 3 is 1.92 bits per heavy atom. The van der Waals surface area contributed by atoms with Crippen LogP contribution in [0.5, 0.6) is 0 Å². The van der Waals surface area contributed by atoms with E-state index in [9.17, 15) is 35.5 Å². The van der Waals surface area contributed by atoms with Gasteiger partial charge in [-0.15, -0.1) is 0 Å². The van der Waals surface area contributed by atoms with Gasteiger partial charge in [0, 0.05) is 56.8 Å². The molecule has 0 spiro atoms. The molecule has 2 fully saturated rings. The molecule has 4 rings (SSSR count). The van der Waals surface area contributed by atoms with Crippen LogP contribution in [-0.4, -0.2) is 73.0 Å². The number of alkyl halides is 6. The van der Waals surface area contributed by atoms with E-state index in [4.69, 9.17) is 0 Å². The Hall–Kier alpha value is -2.66. The summed E-state index contributed by atoms with van der Waals surface area (Å²) in [5.74, 6) is -1.60. The quantitative estimate of drug-likeness (QED) is 0.530. The third-order valence-electron chi connectivity index (χ3n) is 7.00. The molecule has 2 heterocycles. The summed E-state index contributed by atoms with van der Waals surface area (Å²) in [6.45, 7) is 3.55. The average molecular weight is 517 g/mol. The molecule has 2 aliphatic heterocycles. The molecular weight excluding hydrogens is 491 g/mol. The van der Waals surface area contributed by atoms with Gasteiger partial charge in [-0.05, 0) is 49.4 Å². The van der Waals surface area contributed by atoms with Gasteiger partial charge in [0.05, 0.1) is 11.1 Å². The third kappa shape index (κ3) is 5.83. The summed E-state index contributed by atoms with van der Waals surface area (Å²) in [5.41, 5.74) is -2.95. The summed E-state index contributed by atoms with van der Waals surface area (Å²) in [6, 6.07) is 6.79. The second-order valence-electron chi connectivity index (χ2n) is 9.40. The van der Waals surface area contributed by atoms with Crippen molar-refractivity contribution in [3.05, 3.63) is 70.5 Å². The number of carbonyl (C=O) groups is 1. The van der Waals surface area contributed by atoms with E-state index < -0.39 is 40.8 Å². The van der Waals surface area contributed by atoms with E-state index in [0.717, 1.165) is 31.7 Å². The molecule has 0 aromatic heterocycles. The lowest BCUT2D eigenvalue weighted by Crippen LogP contribution is -2.56. The smallest absolute Gasteiger partial charge is 0.338 e. The fourth-order valence-electron chi connectivity index (χ4n) is 5.01. The van der Waals surface area contributed by atoms with Crippen LogP contribution < -0.4 is 0 Å². The Balaban J connectivity index is 1.64. The number of hydrogen-bond donors (Lipinski definition) is 0. The second-order valence-corrected chi connectivity index (χ2v) is 9.40. The fraction of sp³-hybridized carbons (Fsp3) is 0.480. The van der Waals surface area contributed by atoms with Crippen molar-refractivity contribution >= 4 is 5.91 Å². The molecule has 0 radical (unpaired) electrons. The predicted molar refractivity (Wildman–Crippen MR) is 119 cm³/mol. The number of piperazine rings is 1. The Bertz CT molecular complexity index is 1040. The highest BCUT2D eigenvalue weighted by Crippen LogP contribution is 2.38. The maximum Gasteiger partial charge on any atom is 0.416 e. The minimum absolute atomic E-state index is 0.000423. The highest BCUT2D eigenvalue weighted by Gasteiger charge is 2.40. The van der Waals surface area contributed by atoms with Gasteiger partial charge in [0.1, 0.15) is 5.82 Å². The van der Waals surface area contributed by atoms with Crippen LogP contribution in [0.25, 0.3) is 0 Å². The Kier molecular flexibility index (Phi) is 7.34. The van der Waals surface area contributed by atoms with Crippen molar-refractivity contribution < 1.29 is 35.5 Å². The molecule has 2 unspecified atom stereocenters. The fourth-order valence-corrected chi connectivity index (χ4v) is 5.01. The van der Waals surface area contributed by atoms with Crippen molar-refractivity contribution in [2.45, 2.75) is 30.7 Å². The van der Waals surface area contributed by atoms with Crippen LogP contribution >= 0.6 is 0 Å². The van der Waals surface area contributed by atoms with E-state index in [1.807, 2.05) is 7.05 Å². The zero-order chi connectivity index (χ0) is 26.3. The molecule has 0 N–H and O–H groups in total. The molecule has 2 aliphatic rings. The van der Waals surface area contributed by atoms with Gasteiger partial charge in [0.15, 0.2) is 0 Å². The van der Waals surface area contributed by atoms with E-state index in [1.165, 1.54) is 17.0 Å². The van der Waals surface area contributed by atoms with E-state index in [0.29, 0.717) is 18.6 Å². The number of amides is 1. The molecule has 0 aliphatic carbocycles. The van der Waals surface area contributed by atoms with Gasteiger partial charge in [-0.2, -0.15) is 26.3 Å². The molecule has 2 aromatic carbocycles. The molecular formula is C25H26F7N3O. The summed E-state index contributed by atoms with van der Waals surface area (Å²) in [7, 11) is 2.01. The first-order chi connectivity index (χ1) is 16.8. The van der Waals surface area contributed by atoms with Gasteiger partial charge in [-0.1, -0.05) is 12.1 Å². The van der Waals surface area contributed by atoms with Crippen molar-refractivity contribution in [1.82, 2.24) is 14.7 Å². The van der Waals surface area contributed by atoms with Gasteiger partial charge in [-0.25, -0.2) is 4.39 Å². The molecule has 36 heavy (non-hydrogen) atoms. The highest BCUT2D eigenvalue weighted by molar-refractivity contribution is 5.95. The molecule has 2 saturated heterocycles. The van der Waals surface area contributed by atoms with Crippen LogP contribution in [-0.2, 0) is 12.4 Å². The van der Waals surface area contributed by atoms with E-state index in [2.05, 4.69) is 9.80 Å². The Morgan fingerprint density at radius 1 is 0.833 bits per heavy atom. The average Bonchev–Trinajstić information content (AvgIpc) is 2.83. The molecule has 2 aromatic rings. The number of benzene rings is 2. The topological polar surface area (TPSA) is 26.8 Å². The Morgan fingerprint density at radius 2 is 1.39 bits per heavy atom. The molecule has 4 nitrogen and oxygen atoms in total. The first kappa shape index (κ1) is 26.4. The molecule has 1 amide bonds. The minimum atomic E-state index is -5.04. The second kappa shape index (κ2) is 10.0. The predicted octanol–water partition coefficient (Wildman–Crippen LogP) is 5.11. The molecule has 2 atom stereocenters. The van der Waals surface area contributed by atoms with E-state index in [1.54, 1.807) is 12.1 Å². The normalized spacial score (nSPS) is 22.6. The highest BCUT2D eigenvalue weighted by atomic mass is 19.4. The zero-order valence-electron chi connectivity index (χ0n) is 19.5. The minimum Gasteiger partial charge on any atom is -0.338 e. The molecule has 0 saturated carbocycles. The Labute approximate surface area is 204 Å². The lowest BCUT2D eigenvalue weighted by molar-refractivity contribution is -0.143. The van der Waals surface area contributed by atoms with Gasteiger partial charge in [-0.3, -0.25) is 9.69 Å². The maximum absolute atomic E-state index is 13.6. The largest absolute Gasteiger partial charge is 0.416 e. The first-order valence-electron chi connectivity index (χ1n) is 11.6. The van der Waals surface area contributed by atoms with Crippen molar-refractivity contribution in [1.29, 1.82) is 0 Å². The summed E-state index contributed by atoms with van der Waals surface area (Å²) in [6.07, 6.45) is -9.59. The monoisotopic (exact) mass is 517 g/mol. The van der Waals surface area contributed by atoms with Gasteiger partial charge in [0.25, 0.3) is 5.91 Å². The summed E-state index contributed by atoms with van der Waals surface area (Å²) < 4.78 is 93.4. The van der Waals surface area contributed by atoms with Crippen LogP contribution in [0, 0.1) is 5.82 Å². The van der Waals surface area contributed by atoms with Gasteiger partial charge in [0.2, 0.25) is 0 Å². The standard InChI is InChI=1S/C25H26F7N3O/c1-33-8-10-34(11-9-33)22-6-7-35(15-21(22)16-2-4-20(26)5-3-16)23(36)17-12-18(24(27,28)29)14-19(13-17)25(30,31)32/h2-5,12-14,21-22H,6-11,15H2,1H3. The van der Waals surface area contributed by atoms with Crippen LogP contribution in [0.15, 0.2) is 42.5 Å². The number of halogens is 7. The SMILES string of the molecule is CN1CCN(C2CCN(C(=O)c3cc(C(F)(F)F)cc(C(F)(F)F)c3)CC2c2ccc(F)cc2)CC1. The summed E-state index contributed by atoms with van der Waals surface area (Å²) in [4.78, 5) is 19.0. The lowest BCUT2D eigenvalue weighted by atomic mass is 9.84. The molecule has 11 heteroatoms. The van der Waals surface area contributed by atoms with Crippen molar-refractivity contribution in [3.8, 4) is 0 Å². The summed E-state index contributed by atoms with van der Waals surface area (Å²) >= 11 is 0. The van der Waals surface area contributed by atoms with Gasteiger partial charge < -0.3 is 9.80 Å².